The third-order valence-electron chi connectivity index (χ3n) is 2.51. The first-order chi connectivity index (χ1) is 8.72. The zero-order valence-corrected chi connectivity index (χ0v) is 10.5. The summed E-state index contributed by atoms with van der Waals surface area (Å²) < 4.78 is 0. The van der Waals surface area contributed by atoms with Crippen LogP contribution >= 0.6 is 11.3 Å². The van der Waals surface area contributed by atoms with E-state index in [4.69, 9.17) is 5.11 Å². The molecule has 1 saturated heterocycles. The number of carbonyl (C=O) groups is 2. The number of thiazole rings is 1. The molecular formula is C12H12N2O3S. The Balaban J connectivity index is 2.25. The summed E-state index contributed by atoms with van der Waals surface area (Å²) in [6, 6.07) is 0. The van der Waals surface area contributed by atoms with Crippen LogP contribution in [0.1, 0.15) is 30.6 Å². The number of carbonyl (C=O) groups excluding carboxylic acids is 2. The van der Waals surface area contributed by atoms with Crippen LogP contribution in [0.4, 0.5) is 5.13 Å². The predicted octanol–water partition coefficient (Wildman–Crippen LogP) is 0.920. The fraction of sp³-hybridized carbons (Fsp3) is 0.417. The Morgan fingerprint density at radius 2 is 2.00 bits per heavy atom. The first-order valence-electron chi connectivity index (χ1n) is 5.63. The van der Waals surface area contributed by atoms with E-state index in [1.54, 1.807) is 0 Å². The van der Waals surface area contributed by atoms with Gasteiger partial charge in [-0.15, -0.1) is 0 Å². The van der Waals surface area contributed by atoms with Gasteiger partial charge in [-0.1, -0.05) is 23.2 Å². The lowest BCUT2D eigenvalue weighted by molar-refractivity contribution is -0.125. The highest BCUT2D eigenvalue weighted by atomic mass is 32.1. The number of amides is 2. The van der Waals surface area contributed by atoms with E-state index in [1.807, 2.05) is 0 Å². The standard InChI is InChI=1S/C12H12N2O3S/c15-7-3-4-9-8-13-12(18-9)14-10(16)5-1-2-6-11(14)17/h8,15H,1-2,5-7H2. The van der Waals surface area contributed by atoms with Crippen molar-refractivity contribution in [2.45, 2.75) is 25.7 Å². The van der Waals surface area contributed by atoms with Gasteiger partial charge in [0.15, 0.2) is 5.13 Å². The number of hydrogen-bond acceptors (Lipinski definition) is 5. The summed E-state index contributed by atoms with van der Waals surface area (Å²) in [6.45, 7) is -0.227. The average Bonchev–Trinajstić information content (AvgIpc) is 2.74. The fourth-order valence-corrected chi connectivity index (χ4v) is 2.51. The first kappa shape index (κ1) is 12.7. The van der Waals surface area contributed by atoms with Gasteiger partial charge in [0.05, 0.1) is 11.1 Å². The van der Waals surface area contributed by atoms with Crippen LogP contribution in [0, 0.1) is 11.8 Å². The molecule has 5 nitrogen and oxygen atoms in total. The van der Waals surface area contributed by atoms with Gasteiger partial charge in [0.1, 0.15) is 6.61 Å². The van der Waals surface area contributed by atoms with Crippen LogP contribution in [0.2, 0.25) is 0 Å². The van der Waals surface area contributed by atoms with Gasteiger partial charge in [0, 0.05) is 12.8 Å². The lowest BCUT2D eigenvalue weighted by atomic mass is 10.2. The van der Waals surface area contributed by atoms with Crippen molar-refractivity contribution >= 4 is 28.3 Å². The molecular weight excluding hydrogens is 252 g/mol. The molecule has 0 spiro atoms. The fourth-order valence-electron chi connectivity index (χ4n) is 1.68. The Bertz CT molecular complexity index is 509. The molecule has 0 saturated carbocycles. The van der Waals surface area contributed by atoms with Crippen LogP contribution in [0.5, 0.6) is 0 Å². The number of rotatable bonds is 1. The summed E-state index contributed by atoms with van der Waals surface area (Å²) in [5.41, 5.74) is 0. The second kappa shape index (κ2) is 5.76. The van der Waals surface area contributed by atoms with Gasteiger partial charge in [0.2, 0.25) is 11.8 Å². The molecule has 1 N–H and O–H groups in total. The maximum absolute atomic E-state index is 11.8. The highest BCUT2D eigenvalue weighted by molar-refractivity contribution is 7.16. The maximum atomic E-state index is 11.8. The van der Waals surface area contributed by atoms with Crippen LogP contribution in [0.15, 0.2) is 6.20 Å². The molecule has 0 unspecified atom stereocenters. The van der Waals surface area contributed by atoms with Crippen LogP contribution in [0.3, 0.4) is 0 Å². The molecule has 1 aliphatic heterocycles. The lowest BCUT2D eigenvalue weighted by Gasteiger charge is -2.14. The van der Waals surface area contributed by atoms with E-state index in [1.165, 1.54) is 17.5 Å². The van der Waals surface area contributed by atoms with Gasteiger partial charge in [-0.05, 0) is 12.8 Å². The van der Waals surface area contributed by atoms with Crippen molar-refractivity contribution in [3.63, 3.8) is 0 Å². The predicted molar refractivity (Wildman–Crippen MR) is 67.0 cm³/mol. The molecule has 0 aliphatic carbocycles. The zero-order chi connectivity index (χ0) is 13.0. The van der Waals surface area contributed by atoms with E-state index in [-0.39, 0.29) is 18.4 Å². The van der Waals surface area contributed by atoms with Gasteiger partial charge in [-0.2, -0.15) is 0 Å². The van der Waals surface area contributed by atoms with Crippen LogP contribution in [-0.2, 0) is 9.59 Å². The van der Waals surface area contributed by atoms with Crippen molar-refractivity contribution in [1.29, 1.82) is 0 Å². The second-order valence-corrected chi connectivity index (χ2v) is 4.81. The van der Waals surface area contributed by atoms with Crippen molar-refractivity contribution < 1.29 is 14.7 Å². The summed E-state index contributed by atoms with van der Waals surface area (Å²) in [6.07, 6.45) is 3.74. The number of aliphatic hydroxyl groups is 1. The monoisotopic (exact) mass is 264 g/mol. The van der Waals surface area contributed by atoms with E-state index in [9.17, 15) is 9.59 Å². The minimum atomic E-state index is -0.227. The van der Waals surface area contributed by atoms with E-state index < -0.39 is 0 Å². The summed E-state index contributed by atoms with van der Waals surface area (Å²) in [4.78, 5) is 29.5. The molecule has 1 aromatic heterocycles. The third-order valence-corrected chi connectivity index (χ3v) is 3.40. The normalized spacial score (nSPS) is 16.2. The summed E-state index contributed by atoms with van der Waals surface area (Å²) >= 11 is 1.18. The van der Waals surface area contributed by atoms with Crippen LogP contribution in [0.25, 0.3) is 0 Å². The summed E-state index contributed by atoms with van der Waals surface area (Å²) in [5.74, 6) is 4.81. The Labute approximate surface area is 108 Å². The molecule has 2 rings (SSSR count). The number of imide groups is 1. The minimum absolute atomic E-state index is 0.200. The van der Waals surface area contributed by atoms with Crippen molar-refractivity contribution in [1.82, 2.24) is 4.98 Å². The van der Waals surface area contributed by atoms with Gasteiger partial charge < -0.3 is 5.11 Å². The van der Waals surface area contributed by atoms with Gasteiger partial charge >= 0.3 is 0 Å². The number of aromatic nitrogens is 1. The molecule has 1 aliphatic rings. The lowest BCUT2D eigenvalue weighted by Crippen LogP contribution is -2.34. The third kappa shape index (κ3) is 2.75. The van der Waals surface area contributed by atoms with E-state index in [2.05, 4.69) is 16.8 Å². The number of anilines is 1. The Morgan fingerprint density at radius 1 is 1.33 bits per heavy atom. The van der Waals surface area contributed by atoms with Crippen LogP contribution < -0.4 is 4.90 Å². The Kier molecular flexibility index (Phi) is 4.07. The number of nitrogens with zero attached hydrogens (tertiary/aromatic N) is 2. The van der Waals surface area contributed by atoms with Gasteiger partial charge in [-0.3, -0.25) is 9.59 Å². The van der Waals surface area contributed by atoms with Crippen molar-refractivity contribution in [3.05, 3.63) is 11.1 Å². The number of aliphatic hydroxyl groups excluding tert-OH is 1. The smallest absolute Gasteiger partial charge is 0.235 e. The summed E-state index contributed by atoms with van der Waals surface area (Å²) in [5, 5.41) is 8.97. The second-order valence-electron chi connectivity index (χ2n) is 3.80. The van der Waals surface area contributed by atoms with Gasteiger partial charge in [-0.25, -0.2) is 9.88 Å². The zero-order valence-electron chi connectivity index (χ0n) is 9.68. The molecule has 94 valence electrons. The molecule has 18 heavy (non-hydrogen) atoms. The Hall–Kier alpha value is -1.71. The van der Waals surface area contributed by atoms with Crippen molar-refractivity contribution in [2.24, 2.45) is 0 Å². The highest BCUT2D eigenvalue weighted by Crippen LogP contribution is 2.25. The molecule has 0 radical (unpaired) electrons. The molecule has 0 atom stereocenters. The molecule has 2 amide bonds. The Morgan fingerprint density at radius 3 is 2.61 bits per heavy atom. The topological polar surface area (TPSA) is 70.5 Å². The van der Waals surface area contributed by atoms with Gasteiger partial charge in [0.25, 0.3) is 0 Å². The first-order valence-corrected chi connectivity index (χ1v) is 6.45. The summed E-state index contributed by atoms with van der Waals surface area (Å²) in [7, 11) is 0. The molecule has 0 aromatic carbocycles. The molecule has 1 fully saturated rings. The molecule has 2 heterocycles. The molecule has 0 bridgehead atoms. The van der Waals surface area contributed by atoms with E-state index in [0.717, 1.165) is 17.7 Å². The quantitative estimate of drug-likeness (QED) is 0.605. The van der Waals surface area contributed by atoms with E-state index >= 15 is 0 Å². The largest absolute Gasteiger partial charge is 0.384 e. The average molecular weight is 264 g/mol. The number of hydrogen-bond donors (Lipinski definition) is 1. The molecule has 6 heteroatoms. The van der Waals surface area contributed by atoms with E-state index in [0.29, 0.717) is 22.9 Å². The highest BCUT2D eigenvalue weighted by Gasteiger charge is 2.27. The molecule has 1 aromatic rings. The minimum Gasteiger partial charge on any atom is -0.384 e. The maximum Gasteiger partial charge on any atom is 0.235 e. The van der Waals surface area contributed by atoms with Crippen molar-refractivity contribution in [2.75, 3.05) is 11.5 Å². The van der Waals surface area contributed by atoms with Crippen LogP contribution in [-0.4, -0.2) is 28.5 Å². The SMILES string of the molecule is O=C1CCCCC(=O)N1c1ncc(C#CCO)s1. The van der Waals surface area contributed by atoms with Crippen molar-refractivity contribution in [3.8, 4) is 11.8 Å².